The molecule has 0 aromatic rings. The third-order valence-corrected chi connectivity index (χ3v) is 5.52. The van der Waals surface area contributed by atoms with Crippen molar-refractivity contribution in [2.45, 2.75) is 136 Å². The third kappa shape index (κ3) is 25.0. The smallest absolute Gasteiger partial charge is 0.434 e. The maximum absolute atomic E-state index is 11.4. The van der Waals surface area contributed by atoms with Crippen molar-refractivity contribution in [3.63, 3.8) is 0 Å². The molecule has 0 saturated carbocycles. The summed E-state index contributed by atoms with van der Waals surface area (Å²) in [7, 11) is 0. The van der Waals surface area contributed by atoms with Gasteiger partial charge in [0.1, 0.15) is 0 Å². The standard InChI is InChI=1S/C27H52O3/c1-4-5-6-7-8-9-10-11-12-13-14-15-16-17-18-19-20-21-24-29-27(28)30-25-22-23-26(2)3/h13-14,26H,4-12,15-25H2,1-3H3. The highest BCUT2D eigenvalue weighted by molar-refractivity contribution is 5.59. The van der Waals surface area contributed by atoms with Gasteiger partial charge in [-0.15, -0.1) is 0 Å². The van der Waals surface area contributed by atoms with Crippen LogP contribution in [-0.4, -0.2) is 19.4 Å². The third-order valence-electron chi connectivity index (χ3n) is 5.52. The van der Waals surface area contributed by atoms with Crippen LogP contribution in [0.4, 0.5) is 4.79 Å². The second-order valence-corrected chi connectivity index (χ2v) is 9.13. The van der Waals surface area contributed by atoms with Gasteiger partial charge in [0, 0.05) is 0 Å². The molecule has 0 atom stereocenters. The number of allylic oxidation sites excluding steroid dienone is 2. The van der Waals surface area contributed by atoms with Gasteiger partial charge in [0.05, 0.1) is 13.2 Å². The highest BCUT2D eigenvalue weighted by Gasteiger charge is 2.03. The van der Waals surface area contributed by atoms with E-state index in [0.29, 0.717) is 19.1 Å². The van der Waals surface area contributed by atoms with Gasteiger partial charge >= 0.3 is 6.16 Å². The Bertz CT molecular complexity index is 376. The van der Waals surface area contributed by atoms with Crippen LogP contribution in [-0.2, 0) is 9.47 Å². The van der Waals surface area contributed by atoms with E-state index in [1.54, 1.807) is 0 Å². The van der Waals surface area contributed by atoms with E-state index >= 15 is 0 Å². The van der Waals surface area contributed by atoms with Gasteiger partial charge in [0.2, 0.25) is 0 Å². The summed E-state index contributed by atoms with van der Waals surface area (Å²) in [6, 6.07) is 0. The minimum atomic E-state index is -0.502. The van der Waals surface area contributed by atoms with E-state index in [4.69, 9.17) is 9.47 Å². The molecule has 0 saturated heterocycles. The summed E-state index contributed by atoms with van der Waals surface area (Å²) >= 11 is 0. The minimum absolute atomic E-state index is 0.477. The molecule has 178 valence electrons. The molecule has 0 aliphatic rings. The quantitative estimate of drug-likeness (QED) is 0.0986. The van der Waals surface area contributed by atoms with Crippen LogP contribution in [0.25, 0.3) is 0 Å². The summed E-state index contributed by atoms with van der Waals surface area (Å²) in [6.45, 7) is 7.59. The van der Waals surface area contributed by atoms with Crippen LogP contribution >= 0.6 is 0 Å². The van der Waals surface area contributed by atoms with Gasteiger partial charge in [-0.3, -0.25) is 0 Å². The van der Waals surface area contributed by atoms with Crippen LogP contribution in [0.1, 0.15) is 136 Å². The average Bonchev–Trinajstić information content (AvgIpc) is 2.72. The maximum atomic E-state index is 11.4. The van der Waals surface area contributed by atoms with Crippen LogP contribution in [0, 0.1) is 5.92 Å². The van der Waals surface area contributed by atoms with Crippen molar-refractivity contribution >= 4 is 6.16 Å². The van der Waals surface area contributed by atoms with Crippen molar-refractivity contribution in [1.29, 1.82) is 0 Å². The monoisotopic (exact) mass is 424 g/mol. The Kier molecular flexibility index (Phi) is 23.5. The lowest BCUT2D eigenvalue weighted by Crippen LogP contribution is -2.09. The Morgan fingerprint density at radius 2 is 1.07 bits per heavy atom. The Balaban J connectivity index is 3.18. The molecule has 0 rings (SSSR count). The molecule has 3 heteroatoms. The lowest BCUT2D eigenvalue weighted by Gasteiger charge is -2.07. The zero-order valence-electron chi connectivity index (χ0n) is 20.6. The van der Waals surface area contributed by atoms with Crippen molar-refractivity contribution in [3.05, 3.63) is 12.2 Å². The first-order valence-electron chi connectivity index (χ1n) is 13.1. The van der Waals surface area contributed by atoms with Gasteiger partial charge < -0.3 is 9.47 Å². The van der Waals surface area contributed by atoms with Crippen LogP contribution in [0.15, 0.2) is 12.2 Å². The molecule has 0 unspecified atom stereocenters. The molecule has 30 heavy (non-hydrogen) atoms. The van der Waals surface area contributed by atoms with E-state index in [2.05, 4.69) is 32.9 Å². The number of carbonyl (C=O) groups excluding carboxylic acids is 1. The molecule has 0 aliphatic heterocycles. The second-order valence-electron chi connectivity index (χ2n) is 9.13. The molecule has 3 nitrogen and oxygen atoms in total. The molecule has 0 heterocycles. The number of ether oxygens (including phenoxy) is 2. The van der Waals surface area contributed by atoms with Gasteiger partial charge in [0.15, 0.2) is 0 Å². The second kappa shape index (κ2) is 24.3. The van der Waals surface area contributed by atoms with Gasteiger partial charge in [-0.05, 0) is 50.9 Å². The first-order valence-corrected chi connectivity index (χ1v) is 13.1. The van der Waals surface area contributed by atoms with Gasteiger partial charge in [-0.2, -0.15) is 0 Å². The van der Waals surface area contributed by atoms with Gasteiger partial charge in [-0.1, -0.05) is 104 Å². The molecular formula is C27H52O3. The molecule has 0 aromatic carbocycles. The molecule has 0 aromatic heterocycles. The van der Waals surface area contributed by atoms with E-state index in [1.165, 1.54) is 89.9 Å². The summed E-state index contributed by atoms with van der Waals surface area (Å²) in [5, 5.41) is 0. The fourth-order valence-electron chi connectivity index (χ4n) is 3.55. The van der Waals surface area contributed by atoms with Crippen LogP contribution in [0.3, 0.4) is 0 Å². The highest BCUT2D eigenvalue weighted by Crippen LogP contribution is 2.11. The molecule has 0 bridgehead atoms. The Morgan fingerprint density at radius 1 is 0.633 bits per heavy atom. The number of hydrogen-bond acceptors (Lipinski definition) is 3. The molecule has 0 radical (unpaired) electrons. The summed E-state index contributed by atoms with van der Waals surface area (Å²) < 4.78 is 10.2. The number of unbranched alkanes of at least 4 members (excludes halogenated alkanes) is 14. The predicted octanol–water partition coefficient (Wildman–Crippen LogP) is 9.39. The summed E-state index contributed by atoms with van der Waals surface area (Å²) in [5.74, 6) is 0.653. The summed E-state index contributed by atoms with van der Waals surface area (Å²) in [6.07, 6.45) is 27.2. The normalized spacial score (nSPS) is 11.5. The van der Waals surface area contributed by atoms with Crippen LogP contribution in [0.5, 0.6) is 0 Å². The van der Waals surface area contributed by atoms with Crippen LogP contribution in [0.2, 0.25) is 0 Å². The zero-order valence-corrected chi connectivity index (χ0v) is 20.6. The molecule has 0 fully saturated rings. The van der Waals surface area contributed by atoms with E-state index in [-0.39, 0.29) is 0 Å². The SMILES string of the molecule is CCCCCCCCCCC=CCCCCCCCCOC(=O)OCCCC(C)C. The number of carbonyl (C=O) groups is 1. The molecular weight excluding hydrogens is 372 g/mol. The topological polar surface area (TPSA) is 35.5 Å². The maximum Gasteiger partial charge on any atom is 0.508 e. The van der Waals surface area contributed by atoms with Gasteiger partial charge in [0.25, 0.3) is 0 Å². The first kappa shape index (κ1) is 29.0. The van der Waals surface area contributed by atoms with E-state index in [1.807, 2.05) is 0 Å². The van der Waals surface area contributed by atoms with Gasteiger partial charge in [-0.25, -0.2) is 4.79 Å². The Hall–Kier alpha value is -0.990. The largest absolute Gasteiger partial charge is 0.508 e. The lowest BCUT2D eigenvalue weighted by molar-refractivity contribution is 0.0524. The molecule has 0 amide bonds. The highest BCUT2D eigenvalue weighted by atomic mass is 16.7. The van der Waals surface area contributed by atoms with E-state index in [0.717, 1.165) is 25.7 Å². The van der Waals surface area contributed by atoms with Crippen molar-refractivity contribution in [2.75, 3.05) is 13.2 Å². The first-order chi connectivity index (χ1) is 14.7. The lowest BCUT2D eigenvalue weighted by atomic mass is 10.1. The molecule has 0 aliphatic carbocycles. The van der Waals surface area contributed by atoms with Crippen molar-refractivity contribution in [1.82, 2.24) is 0 Å². The summed E-state index contributed by atoms with van der Waals surface area (Å²) in [5.41, 5.74) is 0. The molecule has 0 spiro atoms. The Morgan fingerprint density at radius 3 is 1.57 bits per heavy atom. The average molecular weight is 425 g/mol. The zero-order chi connectivity index (χ0) is 22.1. The minimum Gasteiger partial charge on any atom is -0.434 e. The predicted molar refractivity (Wildman–Crippen MR) is 130 cm³/mol. The number of rotatable bonds is 22. The summed E-state index contributed by atoms with van der Waals surface area (Å²) in [4.78, 5) is 11.4. The van der Waals surface area contributed by atoms with E-state index < -0.39 is 6.16 Å². The Labute approximate surface area is 188 Å². The van der Waals surface area contributed by atoms with E-state index in [9.17, 15) is 4.79 Å². The fraction of sp³-hybridized carbons (Fsp3) is 0.889. The van der Waals surface area contributed by atoms with Crippen LogP contribution < -0.4 is 0 Å². The number of hydrogen-bond donors (Lipinski definition) is 0. The molecule has 0 N–H and O–H groups in total. The van der Waals surface area contributed by atoms with Crippen molar-refractivity contribution < 1.29 is 14.3 Å². The fourth-order valence-corrected chi connectivity index (χ4v) is 3.55. The van der Waals surface area contributed by atoms with Crippen molar-refractivity contribution in [2.24, 2.45) is 5.92 Å². The van der Waals surface area contributed by atoms with Crippen molar-refractivity contribution in [3.8, 4) is 0 Å².